The molecular formula is C18H27NO2. The molecule has 0 aromatic heterocycles. The highest BCUT2D eigenvalue weighted by Crippen LogP contribution is 2.27. The third kappa shape index (κ3) is 3.65. The van der Waals surface area contributed by atoms with Gasteiger partial charge in [-0.05, 0) is 31.2 Å². The minimum atomic E-state index is 0.152. The summed E-state index contributed by atoms with van der Waals surface area (Å²) in [6.07, 6.45) is 3.82. The summed E-state index contributed by atoms with van der Waals surface area (Å²) in [5, 5.41) is 0. The molecule has 2 rings (SSSR count). The summed E-state index contributed by atoms with van der Waals surface area (Å²) in [5.74, 6) is 0.458. The normalized spacial score (nSPS) is 22.0. The Morgan fingerprint density at radius 3 is 2.52 bits per heavy atom. The van der Waals surface area contributed by atoms with Gasteiger partial charge in [0, 0.05) is 19.6 Å². The predicted octanol–water partition coefficient (Wildman–Crippen LogP) is 3.28. The van der Waals surface area contributed by atoms with Crippen molar-refractivity contribution in [2.75, 3.05) is 13.7 Å². The highest BCUT2D eigenvalue weighted by molar-refractivity contribution is 5.79. The largest absolute Gasteiger partial charge is 0.379 e. The van der Waals surface area contributed by atoms with Crippen molar-refractivity contribution < 1.29 is 9.53 Å². The van der Waals surface area contributed by atoms with Crippen LogP contribution in [0.2, 0.25) is 0 Å². The summed E-state index contributed by atoms with van der Waals surface area (Å²) >= 11 is 0. The molecule has 0 saturated carbocycles. The molecule has 0 radical (unpaired) electrons. The van der Waals surface area contributed by atoms with Gasteiger partial charge in [0.25, 0.3) is 0 Å². The Kier molecular flexibility index (Phi) is 5.80. The first-order chi connectivity index (χ1) is 10.2. The summed E-state index contributed by atoms with van der Waals surface area (Å²) in [4.78, 5) is 14.8. The molecule has 0 spiro atoms. The van der Waals surface area contributed by atoms with Gasteiger partial charge in [0.2, 0.25) is 5.91 Å². The lowest BCUT2D eigenvalue weighted by atomic mass is 9.98. The number of benzene rings is 1. The summed E-state index contributed by atoms with van der Waals surface area (Å²) in [6, 6.07) is 10.6. The maximum atomic E-state index is 12.7. The lowest BCUT2D eigenvalue weighted by Crippen LogP contribution is -2.44. The van der Waals surface area contributed by atoms with Crippen molar-refractivity contribution in [1.29, 1.82) is 0 Å². The van der Waals surface area contributed by atoms with Crippen LogP contribution in [0.25, 0.3) is 0 Å². The van der Waals surface area contributed by atoms with Crippen LogP contribution in [0.5, 0.6) is 0 Å². The van der Waals surface area contributed by atoms with Crippen LogP contribution in [0.15, 0.2) is 30.3 Å². The molecule has 21 heavy (non-hydrogen) atoms. The standard InChI is InChI=1S/C18H27NO2/c1-4-15(5-2)18(20)19-12-11-17(21-3)16(19)13-14-9-7-6-8-10-14/h6-10,15-17H,4-5,11-13H2,1-3H3/t16-,17+/m0/s1. The Bertz CT molecular complexity index is 442. The minimum Gasteiger partial charge on any atom is -0.379 e. The molecule has 0 N–H and O–H groups in total. The van der Waals surface area contributed by atoms with Gasteiger partial charge < -0.3 is 9.64 Å². The number of amides is 1. The van der Waals surface area contributed by atoms with E-state index in [4.69, 9.17) is 4.74 Å². The van der Waals surface area contributed by atoms with Gasteiger partial charge in [0.05, 0.1) is 12.1 Å². The molecule has 3 nitrogen and oxygen atoms in total. The highest BCUT2D eigenvalue weighted by atomic mass is 16.5. The molecule has 1 heterocycles. The first-order valence-corrected chi connectivity index (χ1v) is 8.08. The Morgan fingerprint density at radius 1 is 1.29 bits per heavy atom. The molecule has 1 amide bonds. The van der Waals surface area contributed by atoms with Crippen LogP contribution in [0.3, 0.4) is 0 Å². The molecule has 1 saturated heterocycles. The third-order valence-corrected chi connectivity index (χ3v) is 4.69. The molecular weight excluding hydrogens is 262 g/mol. The molecule has 1 aliphatic rings. The smallest absolute Gasteiger partial charge is 0.226 e. The monoisotopic (exact) mass is 289 g/mol. The van der Waals surface area contributed by atoms with Crippen molar-refractivity contribution in [2.45, 2.75) is 51.7 Å². The number of carbonyl (C=O) groups is 1. The van der Waals surface area contributed by atoms with Crippen LogP contribution in [0, 0.1) is 5.92 Å². The fourth-order valence-electron chi connectivity index (χ4n) is 3.34. The fraction of sp³-hybridized carbons (Fsp3) is 0.611. The Morgan fingerprint density at radius 2 is 1.95 bits per heavy atom. The van der Waals surface area contributed by atoms with Crippen molar-refractivity contribution >= 4 is 5.91 Å². The van der Waals surface area contributed by atoms with Gasteiger partial charge in [-0.2, -0.15) is 0 Å². The molecule has 116 valence electrons. The van der Waals surface area contributed by atoms with E-state index >= 15 is 0 Å². The van der Waals surface area contributed by atoms with Crippen LogP contribution < -0.4 is 0 Å². The summed E-state index contributed by atoms with van der Waals surface area (Å²) in [6.45, 7) is 5.02. The second-order valence-electron chi connectivity index (χ2n) is 5.86. The number of carbonyl (C=O) groups excluding carboxylic acids is 1. The summed E-state index contributed by atoms with van der Waals surface area (Å²) < 4.78 is 5.63. The van der Waals surface area contributed by atoms with Gasteiger partial charge in [-0.1, -0.05) is 44.2 Å². The van der Waals surface area contributed by atoms with Gasteiger partial charge in [-0.25, -0.2) is 0 Å². The Hall–Kier alpha value is -1.35. The van der Waals surface area contributed by atoms with E-state index in [1.54, 1.807) is 7.11 Å². The lowest BCUT2D eigenvalue weighted by Gasteiger charge is -2.30. The third-order valence-electron chi connectivity index (χ3n) is 4.69. The van der Waals surface area contributed by atoms with Crippen LogP contribution in [0.1, 0.15) is 38.7 Å². The van der Waals surface area contributed by atoms with Crippen molar-refractivity contribution in [1.82, 2.24) is 4.90 Å². The van der Waals surface area contributed by atoms with E-state index in [-0.39, 0.29) is 18.1 Å². The average molecular weight is 289 g/mol. The second-order valence-corrected chi connectivity index (χ2v) is 5.86. The molecule has 1 aromatic carbocycles. The van der Waals surface area contributed by atoms with Crippen LogP contribution >= 0.6 is 0 Å². The van der Waals surface area contributed by atoms with Crippen molar-refractivity contribution in [2.24, 2.45) is 5.92 Å². The summed E-state index contributed by atoms with van der Waals surface area (Å²) in [5.41, 5.74) is 1.27. The molecule has 0 bridgehead atoms. The van der Waals surface area contributed by atoms with Crippen molar-refractivity contribution in [3.05, 3.63) is 35.9 Å². The maximum absolute atomic E-state index is 12.7. The lowest BCUT2D eigenvalue weighted by molar-refractivity contribution is -0.137. The molecule has 1 fully saturated rings. The quantitative estimate of drug-likeness (QED) is 0.804. The van der Waals surface area contributed by atoms with E-state index in [0.29, 0.717) is 5.91 Å². The van der Waals surface area contributed by atoms with E-state index in [9.17, 15) is 4.79 Å². The first kappa shape index (κ1) is 16.0. The average Bonchev–Trinajstić information content (AvgIpc) is 2.92. The SMILES string of the molecule is CCC(CC)C(=O)N1CC[C@@H](OC)[C@@H]1Cc1ccccc1. The van der Waals surface area contributed by atoms with Crippen molar-refractivity contribution in [3.8, 4) is 0 Å². The molecule has 1 aromatic rings. The maximum Gasteiger partial charge on any atom is 0.226 e. The van der Waals surface area contributed by atoms with Gasteiger partial charge in [-0.15, -0.1) is 0 Å². The number of ether oxygens (including phenoxy) is 1. The first-order valence-electron chi connectivity index (χ1n) is 8.08. The molecule has 1 aliphatic heterocycles. The van der Waals surface area contributed by atoms with Crippen LogP contribution in [0.4, 0.5) is 0 Å². The number of rotatable bonds is 6. The van der Waals surface area contributed by atoms with E-state index in [0.717, 1.165) is 32.2 Å². The van der Waals surface area contributed by atoms with Gasteiger partial charge in [-0.3, -0.25) is 4.79 Å². The van der Waals surface area contributed by atoms with Crippen molar-refractivity contribution in [3.63, 3.8) is 0 Å². The van der Waals surface area contributed by atoms with E-state index in [2.05, 4.69) is 43.0 Å². The minimum absolute atomic E-state index is 0.152. The number of hydrogen-bond acceptors (Lipinski definition) is 2. The Balaban J connectivity index is 2.14. The zero-order chi connectivity index (χ0) is 15.2. The predicted molar refractivity (Wildman–Crippen MR) is 85.1 cm³/mol. The number of methoxy groups -OCH3 is 1. The van der Waals surface area contributed by atoms with Gasteiger partial charge in [0.1, 0.15) is 0 Å². The zero-order valence-corrected chi connectivity index (χ0v) is 13.4. The van der Waals surface area contributed by atoms with Gasteiger partial charge >= 0.3 is 0 Å². The number of hydrogen-bond donors (Lipinski definition) is 0. The Labute approximate surface area is 128 Å². The fourth-order valence-corrected chi connectivity index (χ4v) is 3.34. The zero-order valence-electron chi connectivity index (χ0n) is 13.4. The van der Waals surface area contributed by atoms with Gasteiger partial charge in [0.15, 0.2) is 0 Å². The molecule has 0 unspecified atom stereocenters. The molecule has 0 aliphatic carbocycles. The van der Waals surface area contributed by atoms with Crippen LogP contribution in [-0.4, -0.2) is 36.6 Å². The van der Waals surface area contributed by atoms with E-state index in [1.807, 2.05) is 6.07 Å². The summed E-state index contributed by atoms with van der Waals surface area (Å²) in [7, 11) is 1.76. The van der Waals surface area contributed by atoms with E-state index < -0.39 is 0 Å². The molecule has 2 atom stereocenters. The molecule has 3 heteroatoms. The highest BCUT2D eigenvalue weighted by Gasteiger charge is 2.38. The topological polar surface area (TPSA) is 29.5 Å². The second kappa shape index (κ2) is 7.60. The van der Waals surface area contributed by atoms with Crippen LogP contribution in [-0.2, 0) is 16.0 Å². The number of nitrogens with zero attached hydrogens (tertiary/aromatic N) is 1. The van der Waals surface area contributed by atoms with E-state index in [1.165, 1.54) is 5.56 Å². The number of likely N-dealkylation sites (tertiary alicyclic amines) is 1.